The molecule has 1 aromatic heterocycles. The lowest BCUT2D eigenvalue weighted by molar-refractivity contribution is 0.0609. The summed E-state index contributed by atoms with van der Waals surface area (Å²) in [7, 11) is 0. The Hall–Kier alpha value is -0.350. The molecule has 0 radical (unpaired) electrons. The molecule has 0 spiro atoms. The lowest BCUT2D eigenvalue weighted by atomic mass is 10.1. The summed E-state index contributed by atoms with van der Waals surface area (Å²) in [6, 6.07) is 0. The lowest BCUT2D eigenvalue weighted by Crippen LogP contribution is -2.25. The zero-order valence-corrected chi connectivity index (χ0v) is 8.17. The Kier molecular flexibility index (Phi) is 2.34. The second-order valence-corrected chi connectivity index (χ2v) is 3.97. The van der Waals surface area contributed by atoms with E-state index in [2.05, 4.69) is 20.9 Å². The summed E-state index contributed by atoms with van der Waals surface area (Å²) >= 11 is 3.31. The Morgan fingerprint density at radius 1 is 1.73 bits per heavy atom. The molecule has 4 heteroatoms. The Labute approximate surface area is 74.2 Å². The van der Waals surface area contributed by atoms with Crippen molar-refractivity contribution in [2.24, 2.45) is 0 Å². The highest BCUT2D eigenvalue weighted by Gasteiger charge is 2.13. The van der Waals surface area contributed by atoms with Gasteiger partial charge in [0.1, 0.15) is 4.60 Å². The molecule has 0 bridgehead atoms. The van der Waals surface area contributed by atoms with Gasteiger partial charge in [-0.2, -0.15) is 0 Å². The standard InChI is InChI=1S/C7H11BrN2O/c1-7(2,11)4-10-5-9-3-6(10)8/h3,5,11H,4H2,1-2H3. The van der Waals surface area contributed by atoms with E-state index >= 15 is 0 Å². The van der Waals surface area contributed by atoms with Crippen molar-refractivity contribution in [2.75, 3.05) is 0 Å². The second-order valence-electron chi connectivity index (χ2n) is 3.16. The summed E-state index contributed by atoms with van der Waals surface area (Å²) in [5.74, 6) is 0. The fourth-order valence-corrected chi connectivity index (χ4v) is 1.17. The highest BCUT2D eigenvalue weighted by atomic mass is 79.9. The number of imidazole rings is 1. The number of hydrogen-bond donors (Lipinski definition) is 1. The van der Waals surface area contributed by atoms with Crippen molar-refractivity contribution < 1.29 is 5.11 Å². The number of halogens is 1. The van der Waals surface area contributed by atoms with Crippen LogP contribution in [0.2, 0.25) is 0 Å². The van der Waals surface area contributed by atoms with Crippen LogP contribution in [0.4, 0.5) is 0 Å². The average Bonchev–Trinajstić information content (AvgIpc) is 2.12. The minimum atomic E-state index is -0.691. The van der Waals surface area contributed by atoms with Gasteiger partial charge < -0.3 is 9.67 Å². The van der Waals surface area contributed by atoms with Crippen LogP contribution in [0.15, 0.2) is 17.1 Å². The van der Waals surface area contributed by atoms with Gasteiger partial charge in [0.05, 0.1) is 24.7 Å². The molecule has 0 saturated heterocycles. The molecular formula is C7H11BrN2O. The molecule has 0 aliphatic heterocycles. The van der Waals surface area contributed by atoms with Crippen LogP contribution >= 0.6 is 15.9 Å². The smallest absolute Gasteiger partial charge is 0.104 e. The first-order valence-corrected chi connectivity index (χ1v) is 4.16. The predicted octanol–water partition coefficient (Wildman–Crippen LogP) is 1.42. The summed E-state index contributed by atoms with van der Waals surface area (Å²) in [5, 5.41) is 9.44. The van der Waals surface area contributed by atoms with Crippen LogP contribution in [-0.2, 0) is 6.54 Å². The first-order chi connectivity index (χ1) is 4.99. The monoisotopic (exact) mass is 218 g/mol. The molecule has 1 aromatic rings. The molecule has 0 aromatic carbocycles. The van der Waals surface area contributed by atoms with Crippen LogP contribution in [0.1, 0.15) is 13.8 Å². The van der Waals surface area contributed by atoms with Gasteiger partial charge in [0.2, 0.25) is 0 Å². The maximum atomic E-state index is 9.44. The second kappa shape index (κ2) is 2.95. The first kappa shape index (κ1) is 8.74. The van der Waals surface area contributed by atoms with Crippen molar-refractivity contribution in [2.45, 2.75) is 26.0 Å². The molecule has 0 atom stereocenters. The zero-order valence-electron chi connectivity index (χ0n) is 6.58. The summed E-state index contributed by atoms with van der Waals surface area (Å²) in [4.78, 5) is 3.91. The zero-order chi connectivity index (χ0) is 8.48. The minimum Gasteiger partial charge on any atom is -0.389 e. The molecule has 62 valence electrons. The van der Waals surface area contributed by atoms with E-state index in [1.807, 2.05) is 4.57 Å². The predicted molar refractivity (Wildman–Crippen MR) is 46.2 cm³/mol. The molecule has 0 aliphatic rings. The Balaban J connectivity index is 2.72. The third-order valence-corrected chi connectivity index (χ3v) is 1.88. The van der Waals surface area contributed by atoms with Crippen molar-refractivity contribution in [1.29, 1.82) is 0 Å². The number of aromatic nitrogens is 2. The highest BCUT2D eigenvalue weighted by molar-refractivity contribution is 9.10. The maximum Gasteiger partial charge on any atom is 0.104 e. The van der Waals surface area contributed by atoms with Crippen molar-refractivity contribution in [3.63, 3.8) is 0 Å². The van der Waals surface area contributed by atoms with E-state index in [0.29, 0.717) is 6.54 Å². The number of aliphatic hydroxyl groups is 1. The summed E-state index contributed by atoms with van der Waals surface area (Å²) < 4.78 is 2.74. The van der Waals surface area contributed by atoms with Crippen molar-refractivity contribution >= 4 is 15.9 Å². The fourth-order valence-electron chi connectivity index (χ4n) is 0.838. The Morgan fingerprint density at radius 3 is 2.73 bits per heavy atom. The summed E-state index contributed by atoms with van der Waals surface area (Å²) in [6.45, 7) is 4.08. The highest BCUT2D eigenvalue weighted by Crippen LogP contribution is 2.12. The van der Waals surface area contributed by atoms with Gasteiger partial charge in [-0.25, -0.2) is 4.98 Å². The molecule has 0 fully saturated rings. The summed E-state index contributed by atoms with van der Waals surface area (Å²) in [6.07, 6.45) is 3.38. The largest absolute Gasteiger partial charge is 0.389 e. The average molecular weight is 219 g/mol. The number of hydrogen-bond acceptors (Lipinski definition) is 2. The van der Waals surface area contributed by atoms with Crippen LogP contribution in [0.5, 0.6) is 0 Å². The quantitative estimate of drug-likeness (QED) is 0.816. The van der Waals surface area contributed by atoms with E-state index in [4.69, 9.17) is 0 Å². The molecular weight excluding hydrogens is 208 g/mol. The normalized spacial score (nSPS) is 12.0. The van der Waals surface area contributed by atoms with Gasteiger partial charge >= 0.3 is 0 Å². The van der Waals surface area contributed by atoms with Crippen molar-refractivity contribution in [3.8, 4) is 0 Å². The van der Waals surface area contributed by atoms with Crippen LogP contribution in [0, 0.1) is 0 Å². The topological polar surface area (TPSA) is 38.0 Å². The lowest BCUT2D eigenvalue weighted by Gasteiger charge is -2.17. The van der Waals surface area contributed by atoms with E-state index in [1.54, 1.807) is 26.4 Å². The van der Waals surface area contributed by atoms with Gasteiger partial charge in [-0.1, -0.05) is 0 Å². The Morgan fingerprint density at radius 2 is 2.36 bits per heavy atom. The van der Waals surface area contributed by atoms with Crippen molar-refractivity contribution in [3.05, 3.63) is 17.1 Å². The Bertz CT molecular complexity index is 239. The molecule has 0 amide bonds. The molecule has 3 nitrogen and oxygen atoms in total. The third-order valence-electron chi connectivity index (χ3n) is 1.22. The van der Waals surface area contributed by atoms with E-state index in [0.717, 1.165) is 4.60 Å². The molecule has 0 saturated carbocycles. The SMILES string of the molecule is CC(C)(O)Cn1cncc1Br. The molecule has 0 aliphatic carbocycles. The van der Waals surface area contributed by atoms with Gasteiger partial charge in [0, 0.05) is 0 Å². The third kappa shape index (κ3) is 2.63. The molecule has 1 heterocycles. The first-order valence-electron chi connectivity index (χ1n) is 3.37. The van der Waals surface area contributed by atoms with Gasteiger partial charge in [-0.3, -0.25) is 0 Å². The van der Waals surface area contributed by atoms with E-state index in [-0.39, 0.29) is 0 Å². The summed E-state index contributed by atoms with van der Waals surface area (Å²) in [5.41, 5.74) is -0.691. The van der Waals surface area contributed by atoms with Crippen LogP contribution in [-0.4, -0.2) is 20.3 Å². The van der Waals surface area contributed by atoms with E-state index in [9.17, 15) is 5.11 Å². The van der Waals surface area contributed by atoms with E-state index < -0.39 is 5.60 Å². The van der Waals surface area contributed by atoms with Gasteiger partial charge in [-0.15, -0.1) is 0 Å². The van der Waals surface area contributed by atoms with Crippen LogP contribution in [0.3, 0.4) is 0 Å². The molecule has 0 unspecified atom stereocenters. The number of rotatable bonds is 2. The van der Waals surface area contributed by atoms with E-state index in [1.165, 1.54) is 0 Å². The minimum absolute atomic E-state index is 0.549. The van der Waals surface area contributed by atoms with Gasteiger partial charge in [0.25, 0.3) is 0 Å². The molecule has 11 heavy (non-hydrogen) atoms. The maximum absolute atomic E-state index is 9.44. The molecule has 1 rings (SSSR count). The van der Waals surface area contributed by atoms with Crippen LogP contribution in [0.25, 0.3) is 0 Å². The van der Waals surface area contributed by atoms with Crippen molar-refractivity contribution in [1.82, 2.24) is 9.55 Å². The molecule has 1 N–H and O–H groups in total. The fraction of sp³-hybridized carbons (Fsp3) is 0.571. The number of nitrogens with zero attached hydrogens (tertiary/aromatic N) is 2. The van der Waals surface area contributed by atoms with Crippen LogP contribution < -0.4 is 0 Å². The van der Waals surface area contributed by atoms with Gasteiger partial charge in [0.15, 0.2) is 0 Å². The van der Waals surface area contributed by atoms with Gasteiger partial charge in [-0.05, 0) is 29.8 Å².